The first-order valence-corrected chi connectivity index (χ1v) is 8.22. The lowest BCUT2D eigenvalue weighted by Crippen LogP contribution is -1.83. The molecule has 96 valence electrons. The first-order chi connectivity index (χ1) is 9.31. The summed E-state index contributed by atoms with van der Waals surface area (Å²) < 4.78 is 6.33. The van der Waals surface area contributed by atoms with Gasteiger partial charge in [0.1, 0.15) is 0 Å². The van der Waals surface area contributed by atoms with Gasteiger partial charge in [0.15, 0.2) is 5.82 Å². The third-order valence-electron chi connectivity index (χ3n) is 2.38. The van der Waals surface area contributed by atoms with E-state index in [1.807, 2.05) is 29.6 Å². The summed E-state index contributed by atoms with van der Waals surface area (Å²) in [5.74, 6) is 2.02. The summed E-state index contributed by atoms with van der Waals surface area (Å²) in [5, 5.41) is 5.99. The Hall–Kier alpha value is -1.11. The van der Waals surface area contributed by atoms with Crippen LogP contribution in [0, 0.1) is 0 Å². The second kappa shape index (κ2) is 5.90. The molecule has 0 fully saturated rings. The van der Waals surface area contributed by atoms with Crippen molar-refractivity contribution in [3.63, 3.8) is 0 Å². The Kier molecular flexibility index (Phi) is 4.00. The highest BCUT2D eigenvalue weighted by atomic mass is 79.9. The SMILES string of the molecule is Brc1ccc(SCc2noc(-c3cccs3)n2)cc1. The number of halogens is 1. The van der Waals surface area contributed by atoms with E-state index in [0.717, 1.165) is 15.2 Å². The van der Waals surface area contributed by atoms with Crippen LogP contribution in [-0.4, -0.2) is 10.1 Å². The molecule has 1 aromatic carbocycles. The van der Waals surface area contributed by atoms with E-state index in [1.54, 1.807) is 23.1 Å². The summed E-state index contributed by atoms with van der Waals surface area (Å²) in [7, 11) is 0. The van der Waals surface area contributed by atoms with E-state index in [0.29, 0.717) is 11.6 Å². The minimum atomic E-state index is 0.599. The summed E-state index contributed by atoms with van der Waals surface area (Å²) in [6.45, 7) is 0. The molecule has 2 aromatic heterocycles. The van der Waals surface area contributed by atoms with E-state index < -0.39 is 0 Å². The Balaban J connectivity index is 1.66. The van der Waals surface area contributed by atoms with E-state index in [4.69, 9.17) is 4.52 Å². The molecule has 0 amide bonds. The van der Waals surface area contributed by atoms with Crippen molar-refractivity contribution in [2.45, 2.75) is 10.6 Å². The van der Waals surface area contributed by atoms with Crippen LogP contribution in [0.25, 0.3) is 10.8 Å². The normalized spacial score (nSPS) is 10.8. The number of rotatable bonds is 4. The van der Waals surface area contributed by atoms with E-state index in [-0.39, 0.29) is 0 Å². The molecule has 0 unspecified atom stereocenters. The summed E-state index contributed by atoms with van der Waals surface area (Å²) in [5.41, 5.74) is 0. The van der Waals surface area contributed by atoms with Gasteiger partial charge in [0.2, 0.25) is 0 Å². The van der Waals surface area contributed by atoms with Crippen LogP contribution in [0.4, 0.5) is 0 Å². The number of aromatic nitrogens is 2. The standard InChI is InChI=1S/C13H9BrN2OS2/c14-9-3-5-10(6-4-9)19-8-12-15-13(17-16-12)11-2-1-7-18-11/h1-7H,8H2. The van der Waals surface area contributed by atoms with Crippen LogP contribution >= 0.6 is 39.0 Å². The molecule has 3 rings (SSSR count). The minimum absolute atomic E-state index is 0.599. The zero-order valence-corrected chi connectivity index (χ0v) is 13.0. The van der Waals surface area contributed by atoms with Crippen molar-refractivity contribution in [2.75, 3.05) is 0 Å². The Morgan fingerprint density at radius 2 is 2.05 bits per heavy atom. The Labute approximate surface area is 127 Å². The highest BCUT2D eigenvalue weighted by Crippen LogP contribution is 2.26. The van der Waals surface area contributed by atoms with E-state index in [2.05, 4.69) is 38.2 Å². The molecule has 0 bridgehead atoms. The topological polar surface area (TPSA) is 38.9 Å². The fraction of sp³-hybridized carbons (Fsp3) is 0.0769. The van der Waals surface area contributed by atoms with Crippen molar-refractivity contribution < 1.29 is 4.52 Å². The maximum atomic E-state index is 5.25. The number of benzene rings is 1. The lowest BCUT2D eigenvalue weighted by Gasteiger charge is -1.97. The third kappa shape index (κ3) is 3.26. The maximum absolute atomic E-state index is 5.25. The van der Waals surface area contributed by atoms with Crippen molar-refractivity contribution in [1.29, 1.82) is 0 Å². The van der Waals surface area contributed by atoms with Gasteiger partial charge in [-0.15, -0.1) is 23.1 Å². The zero-order valence-electron chi connectivity index (χ0n) is 9.75. The van der Waals surface area contributed by atoms with E-state index in [1.165, 1.54) is 4.90 Å². The maximum Gasteiger partial charge on any atom is 0.268 e. The minimum Gasteiger partial charge on any atom is -0.333 e. The molecule has 0 saturated heterocycles. The first kappa shape index (κ1) is 12.9. The number of thiophene rings is 1. The fourth-order valence-corrected chi connectivity index (χ4v) is 3.14. The molecular weight excluding hydrogens is 344 g/mol. The van der Waals surface area contributed by atoms with Crippen LogP contribution in [0.5, 0.6) is 0 Å². The lowest BCUT2D eigenvalue weighted by atomic mass is 10.4. The van der Waals surface area contributed by atoms with Gasteiger partial charge in [0.25, 0.3) is 5.89 Å². The van der Waals surface area contributed by atoms with Gasteiger partial charge in [-0.2, -0.15) is 4.98 Å². The zero-order chi connectivity index (χ0) is 13.1. The molecule has 0 aliphatic heterocycles. The quantitative estimate of drug-likeness (QED) is 0.629. The molecule has 0 aliphatic rings. The molecule has 0 radical (unpaired) electrons. The molecule has 0 N–H and O–H groups in total. The van der Waals surface area contributed by atoms with Crippen molar-refractivity contribution in [1.82, 2.24) is 10.1 Å². The van der Waals surface area contributed by atoms with Crippen LogP contribution in [0.1, 0.15) is 5.82 Å². The Morgan fingerprint density at radius 3 is 2.79 bits per heavy atom. The van der Waals surface area contributed by atoms with Crippen LogP contribution < -0.4 is 0 Å². The second-order valence-corrected chi connectivity index (χ2v) is 6.65. The first-order valence-electron chi connectivity index (χ1n) is 5.56. The summed E-state index contributed by atoms with van der Waals surface area (Å²) in [6.07, 6.45) is 0. The predicted octanol–water partition coefficient (Wildman–Crippen LogP) is 4.85. The molecule has 3 aromatic rings. The van der Waals surface area contributed by atoms with Gasteiger partial charge in [-0.1, -0.05) is 27.2 Å². The van der Waals surface area contributed by atoms with Gasteiger partial charge in [0, 0.05) is 9.37 Å². The van der Waals surface area contributed by atoms with Crippen LogP contribution in [0.3, 0.4) is 0 Å². The lowest BCUT2D eigenvalue weighted by molar-refractivity contribution is 0.426. The summed E-state index contributed by atoms with van der Waals surface area (Å²) in [4.78, 5) is 6.58. The third-order valence-corrected chi connectivity index (χ3v) is 4.78. The number of thioether (sulfide) groups is 1. The summed E-state index contributed by atoms with van der Waals surface area (Å²) >= 11 is 6.71. The largest absolute Gasteiger partial charge is 0.333 e. The van der Waals surface area contributed by atoms with Crippen molar-refractivity contribution in [3.05, 3.63) is 52.1 Å². The number of hydrogen-bond acceptors (Lipinski definition) is 5. The van der Waals surface area contributed by atoms with Gasteiger partial charge in [-0.05, 0) is 35.7 Å². The highest BCUT2D eigenvalue weighted by Gasteiger charge is 2.09. The monoisotopic (exact) mass is 352 g/mol. The second-order valence-electron chi connectivity index (χ2n) is 3.74. The van der Waals surface area contributed by atoms with Crippen LogP contribution in [0.15, 0.2) is 55.7 Å². The van der Waals surface area contributed by atoms with Crippen molar-refractivity contribution in [3.8, 4) is 10.8 Å². The van der Waals surface area contributed by atoms with Crippen molar-refractivity contribution in [2.24, 2.45) is 0 Å². The van der Waals surface area contributed by atoms with Gasteiger partial charge >= 0.3 is 0 Å². The summed E-state index contributed by atoms with van der Waals surface area (Å²) in [6, 6.07) is 12.1. The molecule has 2 heterocycles. The molecule has 0 atom stereocenters. The van der Waals surface area contributed by atoms with Crippen LogP contribution in [-0.2, 0) is 5.75 Å². The van der Waals surface area contributed by atoms with Crippen LogP contribution in [0.2, 0.25) is 0 Å². The Morgan fingerprint density at radius 1 is 1.21 bits per heavy atom. The average Bonchev–Trinajstić information content (AvgIpc) is 3.09. The molecule has 3 nitrogen and oxygen atoms in total. The van der Waals surface area contributed by atoms with E-state index >= 15 is 0 Å². The molecule has 0 saturated carbocycles. The Bertz CT molecular complexity index is 650. The molecule has 0 aliphatic carbocycles. The molecule has 6 heteroatoms. The van der Waals surface area contributed by atoms with Gasteiger partial charge in [-0.3, -0.25) is 0 Å². The fourth-order valence-electron chi connectivity index (χ4n) is 1.49. The van der Waals surface area contributed by atoms with Gasteiger partial charge < -0.3 is 4.52 Å². The number of hydrogen-bond donors (Lipinski definition) is 0. The predicted molar refractivity (Wildman–Crippen MR) is 81.3 cm³/mol. The van der Waals surface area contributed by atoms with Gasteiger partial charge in [-0.25, -0.2) is 0 Å². The van der Waals surface area contributed by atoms with Crippen molar-refractivity contribution >= 4 is 39.0 Å². The molecular formula is C13H9BrN2OS2. The smallest absolute Gasteiger partial charge is 0.268 e. The molecule has 0 spiro atoms. The average molecular weight is 353 g/mol. The molecule has 19 heavy (non-hydrogen) atoms. The number of nitrogens with zero attached hydrogens (tertiary/aromatic N) is 2. The van der Waals surface area contributed by atoms with Gasteiger partial charge in [0.05, 0.1) is 10.6 Å². The highest BCUT2D eigenvalue weighted by molar-refractivity contribution is 9.10. The van der Waals surface area contributed by atoms with E-state index in [9.17, 15) is 0 Å².